The van der Waals surface area contributed by atoms with Crippen LogP contribution < -0.4 is 0 Å². The molecule has 0 aliphatic heterocycles. The van der Waals surface area contributed by atoms with Crippen LogP contribution in [0.3, 0.4) is 0 Å². The Morgan fingerprint density at radius 2 is 1.75 bits per heavy atom. The summed E-state index contributed by atoms with van der Waals surface area (Å²) in [5, 5.41) is 5.74. The van der Waals surface area contributed by atoms with Crippen LogP contribution in [0.2, 0.25) is 0 Å². The van der Waals surface area contributed by atoms with E-state index in [1.54, 1.807) is 0 Å². The van der Waals surface area contributed by atoms with Gasteiger partial charge in [0.05, 0.1) is 0 Å². The molecule has 0 rings (SSSR count). The Hall–Kier alpha value is 0.531. The van der Waals surface area contributed by atoms with E-state index in [1.807, 2.05) is 0 Å². The first-order valence-corrected chi connectivity index (χ1v) is 1.57. The Morgan fingerprint density at radius 3 is 1.75 bits per heavy atom. The normalized spacial score (nSPS) is 3.00. The number of hydrogen-bond donors (Lipinski definition) is 0. The fourth-order valence-corrected chi connectivity index (χ4v) is 0. The molecule has 0 aliphatic rings. The van der Waals surface area contributed by atoms with Crippen LogP contribution in [-0.4, -0.2) is 9.57 Å². The average molecular weight is 108 g/mol. The van der Waals surface area contributed by atoms with Crippen LogP contribution in [0.4, 0.5) is 0 Å². The van der Waals surface area contributed by atoms with E-state index in [2.05, 4.69) is 0 Å². The van der Waals surface area contributed by atoms with E-state index in [-0.39, 0.29) is 21.7 Å². The fraction of sp³-hybridized carbons (Fsp3) is 0. The topological polar surface area (TPSA) is 40.9 Å². The van der Waals surface area contributed by atoms with Crippen molar-refractivity contribution >= 4 is 9.57 Å². The van der Waals surface area contributed by atoms with Gasteiger partial charge in [-0.3, -0.25) is 0 Å². The van der Waals surface area contributed by atoms with Crippen molar-refractivity contribution < 1.29 is 26.2 Å². The van der Waals surface area contributed by atoms with Gasteiger partial charge >= 0.3 is 0 Å². The monoisotopic (exact) mass is 108 g/mol. The predicted octanol–water partition coefficient (Wildman–Crippen LogP) is -0.267. The van der Waals surface area contributed by atoms with Crippen LogP contribution in [0.5, 0.6) is 0 Å². The zero-order valence-electron chi connectivity index (χ0n) is 1.99. The maximum absolute atomic E-state index is 8.68. The van der Waals surface area contributed by atoms with Crippen LogP contribution in [0, 0.1) is 0 Å². The van der Waals surface area contributed by atoms with Crippen molar-refractivity contribution in [1.29, 1.82) is 0 Å². The molecule has 0 heterocycles. The van der Waals surface area contributed by atoms with Crippen molar-refractivity contribution in [2.45, 2.75) is 0 Å². The summed E-state index contributed by atoms with van der Waals surface area (Å²) in [6, 6.07) is 0. The third-order valence-corrected chi connectivity index (χ3v) is 0. The van der Waals surface area contributed by atoms with Gasteiger partial charge in [0, 0.05) is 21.7 Å². The molecule has 0 aromatic carbocycles. The van der Waals surface area contributed by atoms with E-state index >= 15 is 0 Å². The van der Waals surface area contributed by atoms with Crippen LogP contribution in [0.1, 0.15) is 0 Å². The molecule has 4 heavy (non-hydrogen) atoms. The minimum atomic E-state index is -1.25. The third-order valence-electron chi connectivity index (χ3n) is 0. The zero-order chi connectivity index (χ0) is 2.71. The molecule has 2 nitrogen and oxygen atoms in total. The van der Waals surface area contributed by atoms with Gasteiger partial charge in [-0.1, -0.05) is 0 Å². The summed E-state index contributed by atoms with van der Waals surface area (Å²) < 4.78 is 8.68. The molecule has 0 saturated heterocycles. The average Bonchev–Trinajstić information content (AvgIpc) is 0.918. The molecular formula is H2NOSiTi-. The Bertz CT molecular complexity index is 15.5. The minimum Gasteiger partial charge on any atom is -0.684 e. The Labute approximate surface area is 41.6 Å². The predicted molar refractivity (Wildman–Crippen MR) is 12.2 cm³/mol. The largest absolute Gasteiger partial charge is 0.684 e. The van der Waals surface area contributed by atoms with Gasteiger partial charge in [-0.2, -0.15) is 0 Å². The standard InChI is InChI=1S/H2NOSi.Ti/c1-3-2;/h1,3H;/q-1;. The maximum Gasteiger partial charge on any atom is 0.161 e. The van der Waals surface area contributed by atoms with Gasteiger partial charge in [0.15, 0.2) is 9.57 Å². The van der Waals surface area contributed by atoms with Crippen LogP contribution in [-0.2, 0) is 26.2 Å². The van der Waals surface area contributed by atoms with Gasteiger partial charge in [-0.15, -0.1) is 0 Å². The summed E-state index contributed by atoms with van der Waals surface area (Å²) >= 11 is 0. The van der Waals surface area contributed by atoms with E-state index in [1.165, 1.54) is 0 Å². The van der Waals surface area contributed by atoms with Crippen molar-refractivity contribution in [3.05, 3.63) is 5.40 Å². The molecule has 0 unspecified atom stereocenters. The van der Waals surface area contributed by atoms with Crippen molar-refractivity contribution in [3.8, 4) is 0 Å². The molecule has 0 spiro atoms. The molecule has 0 bridgehead atoms. The van der Waals surface area contributed by atoms with E-state index < -0.39 is 9.57 Å². The van der Waals surface area contributed by atoms with Gasteiger partial charge in [0.2, 0.25) is 0 Å². The second kappa shape index (κ2) is 9.65. The second-order valence-corrected chi connectivity index (χ2v) is 0.354. The fourth-order valence-electron chi connectivity index (χ4n) is 0. The number of nitrogens with one attached hydrogen (secondary N) is 1. The maximum atomic E-state index is 8.68. The van der Waals surface area contributed by atoms with E-state index in [0.717, 1.165) is 0 Å². The molecule has 0 fully saturated rings. The minimum absolute atomic E-state index is 0. The van der Waals surface area contributed by atoms with Crippen molar-refractivity contribution in [1.82, 2.24) is 0 Å². The Balaban J connectivity index is 0. The molecular weight excluding hydrogens is 106 g/mol. The van der Waals surface area contributed by atoms with E-state index in [0.29, 0.717) is 0 Å². The molecule has 22 valence electrons. The summed E-state index contributed by atoms with van der Waals surface area (Å²) in [5.41, 5.74) is 0. The summed E-state index contributed by atoms with van der Waals surface area (Å²) in [6.07, 6.45) is 0. The smallest absolute Gasteiger partial charge is 0.161 e. The second-order valence-electron chi connectivity index (χ2n) is 0.118. The van der Waals surface area contributed by atoms with Crippen molar-refractivity contribution in [2.75, 3.05) is 0 Å². The van der Waals surface area contributed by atoms with Crippen LogP contribution in [0.25, 0.3) is 5.40 Å². The molecule has 1 N–H and O–H groups in total. The summed E-state index contributed by atoms with van der Waals surface area (Å²) in [7, 11) is -1.25. The molecule has 0 saturated carbocycles. The molecule has 0 aromatic heterocycles. The van der Waals surface area contributed by atoms with Gasteiger partial charge in [0.25, 0.3) is 0 Å². The van der Waals surface area contributed by atoms with E-state index in [9.17, 15) is 0 Å². The van der Waals surface area contributed by atoms with Gasteiger partial charge in [0.1, 0.15) is 0 Å². The quantitative estimate of drug-likeness (QED) is 0.394. The van der Waals surface area contributed by atoms with Gasteiger partial charge < -0.3 is 9.86 Å². The first-order chi connectivity index (χ1) is 1.41. The van der Waals surface area contributed by atoms with Crippen LogP contribution >= 0.6 is 0 Å². The van der Waals surface area contributed by atoms with Crippen molar-refractivity contribution in [2.24, 2.45) is 0 Å². The molecule has 0 amide bonds. The van der Waals surface area contributed by atoms with Crippen LogP contribution in [0.15, 0.2) is 0 Å². The summed E-state index contributed by atoms with van der Waals surface area (Å²) in [4.78, 5) is 0. The van der Waals surface area contributed by atoms with Gasteiger partial charge in [-0.05, 0) is 0 Å². The molecule has 0 radical (unpaired) electrons. The Kier molecular flexibility index (Phi) is 21.3. The molecule has 4 heteroatoms. The Morgan fingerprint density at radius 1 is 1.75 bits per heavy atom. The number of hydrogen-bond acceptors (Lipinski definition) is 1. The zero-order valence-corrected chi connectivity index (χ0v) is 4.70. The summed E-state index contributed by atoms with van der Waals surface area (Å²) in [6.45, 7) is 0. The first kappa shape index (κ1) is 8.82. The first-order valence-electron chi connectivity index (χ1n) is 0.524. The van der Waals surface area contributed by atoms with E-state index in [4.69, 9.17) is 9.86 Å². The third kappa shape index (κ3) is 21.0. The molecule has 0 atom stereocenters. The molecule has 0 aromatic rings. The SMILES string of the molecule is [NH-][SiH]=O.[Ti]. The molecule has 0 aliphatic carbocycles. The summed E-state index contributed by atoms with van der Waals surface area (Å²) in [5.74, 6) is 0. The van der Waals surface area contributed by atoms with Gasteiger partial charge in [-0.25, -0.2) is 0 Å². The van der Waals surface area contributed by atoms with Crippen molar-refractivity contribution in [3.63, 3.8) is 0 Å². The number of rotatable bonds is 0.